The topological polar surface area (TPSA) is 91.7 Å². The Morgan fingerprint density at radius 3 is 2.32 bits per heavy atom. The smallest absolute Gasteiger partial charge is 0.289 e. The van der Waals surface area contributed by atoms with Crippen LogP contribution >= 0.6 is 15.9 Å². The zero-order chi connectivity index (χ0) is 18.4. The van der Waals surface area contributed by atoms with Gasteiger partial charge in [0, 0.05) is 12.6 Å². The van der Waals surface area contributed by atoms with Gasteiger partial charge in [-0.3, -0.25) is 25.2 Å². The number of carbonyl (C=O) groups is 3. The highest BCUT2D eigenvalue weighted by atomic mass is 79.9. The molecule has 2 rings (SSSR count). The Hall–Kier alpha value is -2.61. The Balaban J connectivity index is 1.83. The van der Waals surface area contributed by atoms with Gasteiger partial charge in [-0.15, -0.1) is 0 Å². The summed E-state index contributed by atoms with van der Waals surface area (Å²) in [6.07, 6.45) is 0.880. The maximum absolute atomic E-state index is 12.1. The van der Waals surface area contributed by atoms with Crippen LogP contribution in [0, 0.1) is 0 Å². The highest BCUT2D eigenvalue weighted by Crippen LogP contribution is 2.15. The zero-order valence-corrected chi connectivity index (χ0v) is 15.4. The molecule has 8 heteroatoms. The summed E-state index contributed by atoms with van der Waals surface area (Å²) in [6.45, 7) is 1.79. The third kappa shape index (κ3) is 5.18. The highest BCUT2D eigenvalue weighted by molar-refractivity contribution is 9.10. The van der Waals surface area contributed by atoms with Crippen molar-refractivity contribution in [3.05, 3.63) is 58.0 Å². The van der Waals surface area contributed by atoms with Crippen molar-refractivity contribution >= 4 is 33.7 Å². The lowest BCUT2D eigenvalue weighted by Gasteiger charge is -2.15. The normalized spacial score (nSPS) is 10.2. The molecule has 0 bridgehead atoms. The number of nitrogens with one attached hydrogen (secondary N) is 2. The van der Waals surface area contributed by atoms with Gasteiger partial charge in [-0.05, 0) is 52.2 Å². The minimum atomic E-state index is -0.528. The number of likely N-dealkylation sites (N-methyl/N-ethyl adjacent to an activating group) is 1. The van der Waals surface area contributed by atoms with Gasteiger partial charge in [0.25, 0.3) is 17.7 Å². The second-order valence-electron chi connectivity index (χ2n) is 5.32. The van der Waals surface area contributed by atoms with Crippen molar-refractivity contribution in [1.29, 1.82) is 0 Å². The molecule has 0 spiro atoms. The minimum Gasteiger partial charge on any atom is -0.444 e. The van der Waals surface area contributed by atoms with Crippen molar-refractivity contribution in [3.8, 4) is 0 Å². The monoisotopic (exact) mass is 407 g/mol. The van der Waals surface area contributed by atoms with E-state index in [1.54, 1.807) is 18.2 Å². The van der Waals surface area contributed by atoms with Crippen LogP contribution in [-0.4, -0.2) is 36.2 Å². The Bertz CT molecular complexity index is 770. The van der Waals surface area contributed by atoms with Crippen molar-refractivity contribution in [3.63, 3.8) is 0 Å². The van der Waals surface area contributed by atoms with Gasteiger partial charge in [0.1, 0.15) is 6.54 Å². The summed E-state index contributed by atoms with van der Waals surface area (Å²) < 4.78 is 5.57. The van der Waals surface area contributed by atoms with Crippen LogP contribution in [0.2, 0.25) is 0 Å². The predicted octanol–water partition coefficient (Wildman–Crippen LogP) is 2.14. The van der Waals surface area contributed by atoms with Crippen molar-refractivity contribution in [2.75, 3.05) is 13.6 Å². The number of furan rings is 1. The first-order valence-corrected chi connectivity index (χ1v) is 8.39. The summed E-state index contributed by atoms with van der Waals surface area (Å²) in [7, 11) is 1.46. The van der Waals surface area contributed by atoms with Crippen LogP contribution in [0.4, 0.5) is 0 Å². The van der Waals surface area contributed by atoms with Crippen LogP contribution in [-0.2, 0) is 11.2 Å². The van der Waals surface area contributed by atoms with Crippen molar-refractivity contribution in [1.82, 2.24) is 15.8 Å². The van der Waals surface area contributed by atoms with E-state index < -0.39 is 17.7 Å². The molecule has 1 aromatic heterocycles. The van der Waals surface area contributed by atoms with Crippen LogP contribution in [0.5, 0.6) is 0 Å². The van der Waals surface area contributed by atoms with Crippen LogP contribution in [0.15, 0.2) is 45.5 Å². The molecule has 0 aliphatic heterocycles. The van der Waals surface area contributed by atoms with Crippen LogP contribution in [0.25, 0.3) is 0 Å². The molecular formula is C17H18BrN3O4. The molecule has 1 heterocycles. The van der Waals surface area contributed by atoms with Gasteiger partial charge in [0.05, 0.1) is 0 Å². The van der Waals surface area contributed by atoms with E-state index in [1.165, 1.54) is 18.0 Å². The highest BCUT2D eigenvalue weighted by Gasteiger charge is 2.18. The molecule has 2 N–H and O–H groups in total. The van der Waals surface area contributed by atoms with E-state index in [0.29, 0.717) is 10.2 Å². The number of benzene rings is 1. The summed E-state index contributed by atoms with van der Waals surface area (Å²) >= 11 is 3.11. The standard InChI is InChI=1S/C17H18BrN3O4/c1-3-11-4-6-12(7-5-11)16(23)20-19-15(22)10-21(2)17(24)13-8-9-14(18)25-13/h4-9H,3,10H2,1-2H3,(H,19,22)(H,20,23). The van der Waals surface area contributed by atoms with E-state index in [9.17, 15) is 14.4 Å². The lowest BCUT2D eigenvalue weighted by atomic mass is 10.1. The van der Waals surface area contributed by atoms with Crippen LogP contribution in [0.1, 0.15) is 33.4 Å². The van der Waals surface area contributed by atoms with Crippen molar-refractivity contribution < 1.29 is 18.8 Å². The van der Waals surface area contributed by atoms with E-state index in [1.807, 2.05) is 19.1 Å². The fraction of sp³-hybridized carbons (Fsp3) is 0.235. The number of hydrogen-bond acceptors (Lipinski definition) is 4. The van der Waals surface area contributed by atoms with Crippen LogP contribution < -0.4 is 10.9 Å². The fourth-order valence-electron chi connectivity index (χ4n) is 2.03. The second kappa shape index (κ2) is 8.48. The molecule has 0 aliphatic carbocycles. The molecule has 0 aliphatic rings. The molecule has 3 amide bonds. The van der Waals surface area contributed by atoms with Gasteiger partial charge in [0.15, 0.2) is 10.4 Å². The number of aryl methyl sites for hydroxylation is 1. The lowest BCUT2D eigenvalue weighted by molar-refractivity contribution is -0.122. The fourth-order valence-corrected chi connectivity index (χ4v) is 2.34. The molecule has 1 aromatic carbocycles. The first kappa shape index (κ1) is 18.7. The maximum atomic E-state index is 12.1. The largest absolute Gasteiger partial charge is 0.444 e. The predicted molar refractivity (Wildman–Crippen MR) is 94.8 cm³/mol. The first-order chi connectivity index (χ1) is 11.9. The molecule has 2 aromatic rings. The Kier molecular flexibility index (Phi) is 6.35. The van der Waals surface area contributed by atoms with Gasteiger partial charge >= 0.3 is 0 Å². The Morgan fingerprint density at radius 1 is 1.08 bits per heavy atom. The van der Waals surface area contributed by atoms with Gasteiger partial charge in [-0.2, -0.15) is 0 Å². The van der Waals surface area contributed by atoms with Gasteiger partial charge < -0.3 is 9.32 Å². The number of hydrogen-bond donors (Lipinski definition) is 2. The third-order valence-electron chi connectivity index (χ3n) is 3.45. The van der Waals surface area contributed by atoms with E-state index in [2.05, 4.69) is 26.8 Å². The number of carbonyl (C=O) groups excluding carboxylic acids is 3. The average Bonchev–Trinajstić information content (AvgIpc) is 3.05. The average molecular weight is 408 g/mol. The zero-order valence-electron chi connectivity index (χ0n) is 13.8. The summed E-state index contributed by atoms with van der Waals surface area (Å²) in [5.74, 6) is -1.29. The SMILES string of the molecule is CCc1ccc(C(=O)NNC(=O)CN(C)C(=O)c2ccc(Br)o2)cc1. The number of nitrogens with zero attached hydrogens (tertiary/aromatic N) is 1. The lowest BCUT2D eigenvalue weighted by Crippen LogP contribution is -2.46. The van der Waals surface area contributed by atoms with E-state index >= 15 is 0 Å². The minimum absolute atomic E-state index is 0.113. The van der Waals surface area contributed by atoms with Gasteiger partial charge in [0.2, 0.25) is 0 Å². The van der Waals surface area contributed by atoms with E-state index in [0.717, 1.165) is 12.0 Å². The van der Waals surface area contributed by atoms with E-state index in [4.69, 9.17) is 4.42 Å². The molecule has 0 saturated carbocycles. The first-order valence-electron chi connectivity index (χ1n) is 7.59. The molecule has 132 valence electrons. The molecule has 0 atom stereocenters. The quantitative estimate of drug-likeness (QED) is 0.742. The van der Waals surface area contributed by atoms with Crippen molar-refractivity contribution in [2.24, 2.45) is 0 Å². The molecule has 0 saturated heterocycles. The number of amides is 3. The second-order valence-corrected chi connectivity index (χ2v) is 6.10. The maximum Gasteiger partial charge on any atom is 0.289 e. The van der Waals surface area contributed by atoms with Gasteiger partial charge in [-0.1, -0.05) is 19.1 Å². The molecule has 0 radical (unpaired) electrons. The van der Waals surface area contributed by atoms with Crippen molar-refractivity contribution in [2.45, 2.75) is 13.3 Å². The third-order valence-corrected chi connectivity index (χ3v) is 3.88. The molecule has 7 nitrogen and oxygen atoms in total. The van der Waals surface area contributed by atoms with Crippen LogP contribution in [0.3, 0.4) is 0 Å². The van der Waals surface area contributed by atoms with Gasteiger partial charge in [-0.25, -0.2) is 0 Å². The molecular weight excluding hydrogens is 390 g/mol. The van der Waals surface area contributed by atoms with E-state index in [-0.39, 0.29) is 12.3 Å². The number of rotatable bonds is 5. The molecule has 0 unspecified atom stereocenters. The number of hydrazine groups is 1. The molecule has 0 fully saturated rings. The summed E-state index contributed by atoms with van der Waals surface area (Å²) in [4.78, 5) is 37.1. The number of halogens is 1. The Labute approximate surface area is 153 Å². The Morgan fingerprint density at radius 2 is 1.76 bits per heavy atom. The summed E-state index contributed by atoms with van der Waals surface area (Å²) in [6, 6.07) is 10.2. The summed E-state index contributed by atoms with van der Waals surface area (Å²) in [5, 5.41) is 0. The molecule has 25 heavy (non-hydrogen) atoms. The summed E-state index contributed by atoms with van der Waals surface area (Å²) in [5.41, 5.74) is 6.15.